The Balaban J connectivity index is 1.63. The van der Waals surface area contributed by atoms with Crippen LogP contribution in [-0.4, -0.2) is 13.0 Å². The zero-order valence-electron chi connectivity index (χ0n) is 14.8. The van der Waals surface area contributed by atoms with Gasteiger partial charge in [-0.2, -0.15) is 5.26 Å². The monoisotopic (exact) mass is 374 g/mol. The molecular weight excluding hydrogens is 356 g/mol. The number of nitriles is 1. The van der Waals surface area contributed by atoms with Gasteiger partial charge in [0.2, 0.25) is 0 Å². The molecule has 0 fully saturated rings. The molecule has 0 heterocycles. The molecule has 1 amide bonds. The summed E-state index contributed by atoms with van der Waals surface area (Å²) in [7, 11) is 1.65. The van der Waals surface area contributed by atoms with Crippen molar-refractivity contribution in [3.63, 3.8) is 0 Å². The maximum Gasteiger partial charge on any atom is 0.255 e. The molecule has 0 aliphatic carbocycles. The topological polar surface area (TPSA) is 62.1 Å². The number of benzene rings is 3. The van der Waals surface area contributed by atoms with E-state index in [-0.39, 0.29) is 5.91 Å². The Labute approximate surface area is 162 Å². The lowest BCUT2D eigenvalue weighted by molar-refractivity contribution is 0.102. The summed E-state index contributed by atoms with van der Waals surface area (Å²) >= 11 is 1.67. The number of thioether (sulfide) groups is 1. The largest absolute Gasteiger partial charge is 0.497 e. The number of rotatable bonds is 6. The van der Waals surface area contributed by atoms with Crippen molar-refractivity contribution in [2.45, 2.75) is 10.6 Å². The highest BCUT2D eigenvalue weighted by atomic mass is 32.2. The second-order valence-electron chi connectivity index (χ2n) is 5.81. The molecule has 3 rings (SSSR count). The van der Waals surface area contributed by atoms with E-state index in [9.17, 15) is 4.79 Å². The van der Waals surface area contributed by atoms with Gasteiger partial charge in [0.15, 0.2) is 0 Å². The van der Waals surface area contributed by atoms with E-state index in [1.807, 2.05) is 42.5 Å². The summed E-state index contributed by atoms with van der Waals surface area (Å²) in [6.07, 6.45) is 0. The normalized spacial score (nSPS) is 10.1. The smallest absolute Gasteiger partial charge is 0.255 e. The highest BCUT2D eigenvalue weighted by Crippen LogP contribution is 2.25. The standard InChI is InChI=1S/C22H18N2O2S/c1-26-20-11-7-17(8-12-20)15-27-21-4-2-3-18(13-21)22(25)24-19-9-5-16(14-23)6-10-19/h2-13H,15H2,1H3,(H,24,25). The van der Waals surface area contributed by atoms with Gasteiger partial charge in [0, 0.05) is 21.9 Å². The summed E-state index contributed by atoms with van der Waals surface area (Å²) in [6, 6.07) is 24.4. The molecule has 4 nitrogen and oxygen atoms in total. The number of carbonyl (C=O) groups excluding carboxylic acids is 1. The fraction of sp³-hybridized carbons (Fsp3) is 0.0909. The summed E-state index contributed by atoms with van der Waals surface area (Å²) in [5.41, 5.74) is 3.01. The predicted octanol–water partition coefficient (Wildman–Crippen LogP) is 5.11. The van der Waals surface area contributed by atoms with Crippen molar-refractivity contribution in [1.29, 1.82) is 5.26 Å². The third-order valence-electron chi connectivity index (χ3n) is 3.93. The minimum absolute atomic E-state index is 0.174. The van der Waals surface area contributed by atoms with Gasteiger partial charge >= 0.3 is 0 Å². The van der Waals surface area contributed by atoms with Crippen molar-refractivity contribution in [3.05, 3.63) is 89.5 Å². The van der Waals surface area contributed by atoms with Crippen LogP contribution in [-0.2, 0) is 5.75 Å². The predicted molar refractivity (Wildman–Crippen MR) is 108 cm³/mol. The van der Waals surface area contributed by atoms with E-state index in [0.29, 0.717) is 16.8 Å². The molecule has 0 spiro atoms. The molecule has 0 unspecified atom stereocenters. The van der Waals surface area contributed by atoms with Crippen molar-refractivity contribution in [3.8, 4) is 11.8 Å². The lowest BCUT2D eigenvalue weighted by Gasteiger charge is -2.08. The first kappa shape index (κ1) is 18.6. The molecule has 0 saturated heterocycles. The molecule has 134 valence electrons. The maximum absolute atomic E-state index is 12.5. The van der Waals surface area contributed by atoms with Gasteiger partial charge in [0.1, 0.15) is 5.75 Å². The van der Waals surface area contributed by atoms with Crippen LogP contribution >= 0.6 is 11.8 Å². The molecule has 0 saturated carbocycles. The van der Waals surface area contributed by atoms with Gasteiger partial charge < -0.3 is 10.1 Å². The van der Waals surface area contributed by atoms with Crippen LogP contribution in [0.2, 0.25) is 0 Å². The SMILES string of the molecule is COc1ccc(CSc2cccc(C(=O)Nc3ccc(C#N)cc3)c2)cc1. The fourth-order valence-electron chi connectivity index (χ4n) is 2.45. The Morgan fingerprint density at radius 1 is 1.07 bits per heavy atom. The average Bonchev–Trinajstić information content (AvgIpc) is 2.73. The molecule has 0 aliphatic heterocycles. The minimum Gasteiger partial charge on any atom is -0.497 e. The number of ether oxygens (including phenoxy) is 1. The van der Waals surface area contributed by atoms with Gasteiger partial charge in [-0.3, -0.25) is 4.79 Å². The summed E-state index contributed by atoms with van der Waals surface area (Å²) in [5, 5.41) is 11.7. The molecule has 1 N–H and O–H groups in total. The Morgan fingerprint density at radius 2 is 1.81 bits per heavy atom. The van der Waals surface area contributed by atoms with Gasteiger partial charge in [-0.1, -0.05) is 18.2 Å². The second-order valence-corrected chi connectivity index (χ2v) is 6.86. The Morgan fingerprint density at radius 3 is 2.48 bits per heavy atom. The number of amides is 1. The van der Waals surface area contributed by atoms with Gasteiger partial charge in [-0.25, -0.2) is 0 Å². The maximum atomic E-state index is 12.5. The minimum atomic E-state index is -0.174. The van der Waals surface area contributed by atoms with Crippen LogP contribution in [0, 0.1) is 11.3 Å². The molecule has 0 radical (unpaired) electrons. The molecule has 0 atom stereocenters. The van der Waals surface area contributed by atoms with Gasteiger partial charge in [0.25, 0.3) is 5.91 Å². The zero-order chi connectivity index (χ0) is 19.1. The molecule has 0 aliphatic rings. The fourth-order valence-corrected chi connectivity index (χ4v) is 3.36. The summed E-state index contributed by atoms with van der Waals surface area (Å²) in [5.74, 6) is 1.47. The number of nitrogens with zero attached hydrogens (tertiary/aromatic N) is 1. The van der Waals surface area contributed by atoms with E-state index in [4.69, 9.17) is 10.00 Å². The first-order valence-electron chi connectivity index (χ1n) is 8.35. The quantitative estimate of drug-likeness (QED) is 0.609. The van der Waals surface area contributed by atoms with Crippen LogP contribution in [0.5, 0.6) is 5.75 Å². The molecule has 27 heavy (non-hydrogen) atoms. The number of anilines is 1. The number of carbonyl (C=O) groups is 1. The lowest BCUT2D eigenvalue weighted by Crippen LogP contribution is -2.11. The van der Waals surface area contributed by atoms with Crippen molar-refractivity contribution in [1.82, 2.24) is 0 Å². The lowest BCUT2D eigenvalue weighted by atomic mass is 10.2. The van der Waals surface area contributed by atoms with Crippen LogP contribution in [0.25, 0.3) is 0 Å². The van der Waals surface area contributed by atoms with Crippen LogP contribution < -0.4 is 10.1 Å². The third kappa shape index (κ3) is 5.13. The third-order valence-corrected chi connectivity index (χ3v) is 5.00. The first-order valence-corrected chi connectivity index (χ1v) is 9.34. The Kier molecular flexibility index (Phi) is 6.14. The molecule has 3 aromatic carbocycles. The molecule has 0 aromatic heterocycles. The summed E-state index contributed by atoms with van der Waals surface area (Å²) < 4.78 is 5.17. The second kappa shape index (κ2) is 8.93. The Hall–Kier alpha value is -3.23. The molecule has 5 heteroatoms. The number of nitrogens with one attached hydrogen (secondary N) is 1. The van der Waals surface area contributed by atoms with E-state index >= 15 is 0 Å². The van der Waals surface area contributed by atoms with E-state index in [1.54, 1.807) is 49.2 Å². The highest BCUT2D eigenvalue weighted by Gasteiger charge is 2.07. The highest BCUT2D eigenvalue weighted by molar-refractivity contribution is 7.98. The number of hydrogen-bond donors (Lipinski definition) is 1. The van der Waals surface area contributed by atoms with Crippen molar-refractivity contribution in [2.24, 2.45) is 0 Å². The van der Waals surface area contributed by atoms with E-state index < -0.39 is 0 Å². The average molecular weight is 374 g/mol. The van der Waals surface area contributed by atoms with Crippen LogP contribution in [0.15, 0.2) is 77.7 Å². The van der Waals surface area contributed by atoms with E-state index in [1.165, 1.54) is 5.56 Å². The van der Waals surface area contributed by atoms with Crippen LogP contribution in [0.1, 0.15) is 21.5 Å². The first-order chi connectivity index (χ1) is 13.2. The van der Waals surface area contributed by atoms with Crippen molar-refractivity contribution < 1.29 is 9.53 Å². The van der Waals surface area contributed by atoms with E-state index in [0.717, 1.165) is 16.4 Å². The summed E-state index contributed by atoms with van der Waals surface area (Å²) in [4.78, 5) is 13.5. The van der Waals surface area contributed by atoms with Crippen LogP contribution in [0.4, 0.5) is 5.69 Å². The summed E-state index contributed by atoms with van der Waals surface area (Å²) in [6.45, 7) is 0. The van der Waals surface area contributed by atoms with E-state index in [2.05, 4.69) is 11.4 Å². The molecule has 0 bridgehead atoms. The van der Waals surface area contributed by atoms with Gasteiger partial charge in [-0.15, -0.1) is 11.8 Å². The van der Waals surface area contributed by atoms with Crippen molar-refractivity contribution >= 4 is 23.4 Å². The van der Waals surface area contributed by atoms with Gasteiger partial charge in [-0.05, 0) is 60.2 Å². The van der Waals surface area contributed by atoms with Gasteiger partial charge in [0.05, 0.1) is 18.7 Å². The number of hydrogen-bond acceptors (Lipinski definition) is 4. The van der Waals surface area contributed by atoms with Crippen molar-refractivity contribution in [2.75, 3.05) is 12.4 Å². The zero-order valence-corrected chi connectivity index (χ0v) is 15.6. The number of methoxy groups -OCH3 is 1. The Bertz CT molecular complexity index is 961. The van der Waals surface area contributed by atoms with Crippen LogP contribution in [0.3, 0.4) is 0 Å². The molecule has 3 aromatic rings. The molecular formula is C22H18N2O2S.